The second kappa shape index (κ2) is 6.21. The van der Waals surface area contributed by atoms with E-state index in [-0.39, 0.29) is 11.2 Å². The van der Waals surface area contributed by atoms with Gasteiger partial charge in [0, 0.05) is 17.6 Å². The van der Waals surface area contributed by atoms with Crippen LogP contribution in [0.1, 0.15) is 12.6 Å². The highest BCUT2D eigenvalue weighted by atomic mass is 32.2. The number of para-hydroxylation sites is 1. The SMILES string of the molecule is CC(Oc1c(F)cccc1F)SCc1c[nH]c(=S)[nH]1. The third kappa shape index (κ3) is 3.81. The van der Waals surface area contributed by atoms with Gasteiger partial charge in [-0.2, -0.15) is 0 Å². The van der Waals surface area contributed by atoms with Gasteiger partial charge in [-0.1, -0.05) is 6.07 Å². The summed E-state index contributed by atoms with van der Waals surface area (Å²) in [7, 11) is 0. The molecule has 0 aliphatic rings. The van der Waals surface area contributed by atoms with Crippen LogP contribution in [0.3, 0.4) is 0 Å². The molecule has 1 atom stereocenters. The maximum Gasteiger partial charge on any atom is 0.192 e. The van der Waals surface area contributed by atoms with Crippen molar-refractivity contribution >= 4 is 24.0 Å². The third-order valence-corrected chi connectivity index (χ3v) is 3.59. The van der Waals surface area contributed by atoms with Crippen molar-refractivity contribution in [2.24, 2.45) is 0 Å². The van der Waals surface area contributed by atoms with Crippen molar-refractivity contribution in [2.45, 2.75) is 18.1 Å². The van der Waals surface area contributed by atoms with E-state index in [9.17, 15) is 8.78 Å². The van der Waals surface area contributed by atoms with Gasteiger partial charge in [0.15, 0.2) is 22.2 Å². The molecule has 102 valence electrons. The first-order valence-electron chi connectivity index (χ1n) is 5.55. The molecule has 1 heterocycles. The first-order chi connectivity index (χ1) is 9.06. The lowest BCUT2D eigenvalue weighted by molar-refractivity contribution is 0.275. The number of hydrogen-bond donors (Lipinski definition) is 2. The molecule has 19 heavy (non-hydrogen) atoms. The Hall–Kier alpha value is -1.34. The van der Waals surface area contributed by atoms with Crippen molar-refractivity contribution in [3.8, 4) is 5.75 Å². The number of benzene rings is 1. The van der Waals surface area contributed by atoms with Crippen LogP contribution < -0.4 is 4.74 Å². The van der Waals surface area contributed by atoms with Crippen LogP contribution in [0.25, 0.3) is 0 Å². The lowest BCUT2D eigenvalue weighted by Crippen LogP contribution is -2.09. The summed E-state index contributed by atoms with van der Waals surface area (Å²) in [6, 6.07) is 3.63. The number of nitrogens with one attached hydrogen (secondary N) is 2. The topological polar surface area (TPSA) is 40.8 Å². The molecular formula is C12H12F2N2OS2. The van der Waals surface area contributed by atoms with Gasteiger partial charge in [0.2, 0.25) is 0 Å². The number of imidazole rings is 1. The molecule has 1 unspecified atom stereocenters. The van der Waals surface area contributed by atoms with Crippen LogP contribution in [-0.2, 0) is 5.75 Å². The number of thioether (sulfide) groups is 1. The summed E-state index contributed by atoms with van der Waals surface area (Å²) in [5.74, 6) is -1.14. The highest BCUT2D eigenvalue weighted by Gasteiger charge is 2.13. The molecule has 0 radical (unpaired) electrons. The summed E-state index contributed by atoms with van der Waals surface area (Å²) in [5, 5.41) is 0. The number of halogens is 2. The van der Waals surface area contributed by atoms with Crippen LogP contribution in [0.15, 0.2) is 24.4 Å². The predicted octanol–water partition coefficient (Wildman–Crippen LogP) is 4.01. The Morgan fingerprint density at radius 2 is 2.05 bits per heavy atom. The van der Waals surface area contributed by atoms with Crippen LogP contribution >= 0.6 is 24.0 Å². The number of ether oxygens (including phenoxy) is 1. The maximum atomic E-state index is 13.4. The van der Waals surface area contributed by atoms with Crippen molar-refractivity contribution in [2.75, 3.05) is 0 Å². The van der Waals surface area contributed by atoms with Crippen molar-refractivity contribution in [3.05, 3.63) is 46.5 Å². The van der Waals surface area contributed by atoms with E-state index in [1.165, 1.54) is 30.0 Å². The van der Waals surface area contributed by atoms with E-state index in [1.807, 2.05) is 0 Å². The van der Waals surface area contributed by atoms with Gasteiger partial charge in [0.1, 0.15) is 5.44 Å². The number of rotatable bonds is 5. The lowest BCUT2D eigenvalue weighted by atomic mass is 10.3. The van der Waals surface area contributed by atoms with E-state index in [2.05, 4.69) is 9.97 Å². The molecule has 0 spiro atoms. The van der Waals surface area contributed by atoms with Gasteiger partial charge in [0.25, 0.3) is 0 Å². The molecule has 2 N–H and O–H groups in total. The molecule has 0 aliphatic heterocycles. The van der Waals surface area contributed by atoms with Crippen molar-refractivity contribution in [3.63, 3.8) is 0 Å². The fourth-order valence-corrected chi connectivity index (χ4v) is 2.37. The highest BCUT2D eigenvalue weighted by molar-refractivity contribution is 7.98. The van der Waals surface area contributed by atoms with Gasteiger partial charge < -0.3 is 14.7 Å². The largest absolute Gasteiger partial charge is 0.474 e. The molecule has 0 saturated carbocycles. The summed E-state index contributed by atoms with van der Waals surface area (Å²) in [4.78, 5) is 5.80. The standard InChI is InChI=1S/C12H12F2N2OS2/c1-7(19-6-8-5-15-12(18)16-8)17-11-9(13)3-2-4-10(11)14/h2-5,7H,6H2,1H3,(H2,15,16,18). The summed E-state index contributed by atoms with van der Waals surface area (Å²) in [6.45, 7) is 1.73. The van der Waals surface area contributed by atoms with Crippen molar-refractivity contribution < 1.29 is 13.5 Å². The third-order valence-electron chi connectivity index (χ3n) is 2.33. The van der Waals surface area contributed by atoms with Gasteiger partial charge in [-0.3, -0.25) is 0 Å². The lowest BCUT2D eigenvalue weighted by Gasteiger charge is -2.14. The number of aromatic nitrogens is 2. The molecule has 1 aromatic carbocycles. The Morgan fingerprint density at radius 3 is 2.63 bits per heavy atom. The van der Waals surface area contributed by atoms with Gasteiger partial charge >= 0.3 is 0 Å². The zero-order chi connectivity index (χ0) is 13.8. The monoisotopic (exact) mass is 302 g/mol. The average molecular weight is 302 g/mol. The van der Waals surface area contributed by atoms with Crippen LogP contribution in [0, 0.1) is 16.4 Å². The first kappa shape index (κ1) is 14.1. The van der Waals surface area contributed by atoms with Gasteiger partial charge in [-0.25, -0.2) is 8.78 Å². The number of aromatic amines is 2. The minimum atomic E-state index is -0.700. The van der Waals surface area contributed by atoms with E-state index in [0.29, 0.717) is 10.5 Å². The summed E-state index contributed by atoms with van der Waals surface area (Å²) >= 11 is 6.30. The quantitative estimate of drug-likeness (QED) is 0.647. The molecule has 1 aromatic heterocycles. The Bertz CT molecular complexity index is 592. The average Bonchev–Trinajstić information content (AvgIpc) is 2.77. The van der Waals surface area contributed by atoms with E-state index < -0.39 is 11.6 Å². The fourth-order valence-electron chi connectivity index (χ4n) is 1.45. The molecule has 0 bridgehead atoms. The normalized spacial score (nSPS) is 12.4. The molecule has 3 nitrogen and oxygen atoms in total. The van der Waals surface area contributed by atoms with Gasteiger partial charge in [-0.05, 0) is 31.3 Å². The number of H-pyrrole nitrogens is 2. The Morgan fingerprint density at radius 1 is 1.37 bits per heavy atom. The molecule has 0 aliphatic carbocycles. The van der Waals surface area contributed by atoms with E-state index in [1.54, 1.807) is 13.1 Å². The fraction of sp³-hybridized carbons (Fsp3) is 0.250. The predicted molar refractivity (Wildman–Crippen MR) is 73.7 cm³/mol. The van der Waals surface area contributed by atoms with Crippen molar-refractivity contribution in [1.29, 1.82) is 0 Å². The summed E-state index contributed by atoms with van der Waals surface area (Å²) < 4.78 is 32.6. The van der Waals surface area contributed by atoms with Gasteiger partial charge in [-0.15, -0.1) is 11.8 Å². The van der Waals surface area contributed by atoms with Crippen LogP contribution in [0.2, 0.25) is 0 Å². The zero-order valence-electron chi connectivity index (χ0n) is 10.1. The first-order valence-corrected chi connectivity index (χ1v) is 7.01. The van der Waals surface area contributed by atoms with E-state index in [4.69, 9.17) is 17.0 Å². The highest BCUT2D eigenvalue weighted by Crippen LogP contribution is 2.26. The molecular weight excluding hydrogens is 290 g/mol. The minimum Gasteiger partial charge on any atom is -0.474 e. The number of hydrogen-bond acceptors (Lipinski definition) is 3. The van der Waals surface area contributed by atoms with Crippen LogP contribution in [0.5, 0.6) is 5.75 Å². The van der Waals surface area contributed by atoms with Crippen LogP contribution in [-0.4, -0.2) is 15.4 Å². The smallest absolute Gasteiger partial charge is 0.192 e. The Balaban J connectivity index is 1.94. The second-order valence-electron chi connectivity index (χ2n) is 3.82. The minimum absolute atomic E-state index is 0.343. The molecule has 0 fully saturated rings. The molecule has 2 aromatic rings. The molecule has 2 rings (SSSR count). The van der Waals surface area contributed by atoms with Crippen molar-refractivity contribution in [1.82, 2.24) is 9.97 Å². The van der Waals surface area contributed by atoms with Crippen LogP contribution in [0.4, 0.5) is 8.78 Å². The van der Waals surface area contributed by atoms with Gasteiger partial charge in [0.05, 0.1) is 0 Å². The van der Waals surface area contributed by atoms with E-state index >= 15 is 0 Å². The maximum absolute atomic E-state index is 13.4. The molecule has 0 saturated heterocycles. The molecule has 7 heteroatoms. The van der Waals surface area contributed by atoms with E-state index in [0.717, 1.165) is 5.69 Å². The zero-order valence-corrected chi connectivity index (χ0v) is 11.7. The Labute approximate surface area is 118 Å². The Kier molecular flexibility index (Phi) is 4.60. The molecule has 0 amide bonds. The second-order valence-corrected chi connectivity index (χ2v) is 5.51. The summed E-state index contributed by atoms with van der Waals surface area (Å²) in [5.41, 5.74) is 0.516. The summed E-state index contributed by atoms with van der Waals surface area (Å²) in [6.07, 6.45) is 1.76.